The zero-order valence-electron chi connectivity index (χ0n) is 55.2. The molecule has 0 spiro atoms. The average molecular weight is 1210 g/mol. The van der Waals surface area contributed by atoms with Crippen molar-refractivity contribution >= 4 is 91.3 Å². The molecule has 0 saturated heterocycles. The Balaban J connectivity index is 1.09. The maximum Gasteiger partial charge on any atom is 0.252 e. The van der Waals surface area contributed by atoms with Crippen LogP contribution in [0, 0.1) is 20.8 Å². The van der Waals surface area contributed by atoms with Gasteiger partial charge < -0.3 is 19.6 Å². The fourth-order valence-corrected chi connectivity index (χ4v) is 14.1. The van der Waals surface area contributed by atoms with Gasteiger partial charge in [-0.2, -0.15) is 0 Å². The molecule has 4 nitrogen and oxygen atoms in total. The highest BCUT2D eigenvalue weighted by molar-refractivity contribution is 7.00. The lowest BCUT2D eigenvalue weighted by molar-refractivity contribution is 0.590. The SMILES string of the molecule is Cc1ccc(N(c2ccc(C)cc2)c2ccc3c(c2)N(c2ccc(C(C)(C)C)cc2-c2ccccc2)c2cc(-c4ccccc4)cc4c2B3c2ccc(N(c3ccc(C)cc3)c3ccccc3-c3ccccc3)cc2N4c2ccc(C(C)(C)C)cc2-c2ccccc2)cc1. The molecule has 0 amide bonds. The third-order valence-corrected chi connectivity index (χ3v) is 19.1. The summed E-state index contributed by atoms with van der Waals surface area (Å²) in [5.41, 5.74) is 32.1. The summed E-state index contributed by atoms with van der Waals surface area (Å²) in [6.45, 7) is 20.2. The van der Waals surface area contributed by atoms with E-state index >= 15 is 0 Å². The lowest BCUT2D eigenvalue weighted by Crippen LogP contribution is -2.61. The normalized spacial score (nSPS) is 12.5. The lowest BCUT2D eigenvalue weighted by Gasteiger charge is -2.46. The van der Waals surface area contributed by atoms with Crippen molar-refractivity contribution in [1.29, 1.82) is 0 Å². The first-order chi connectivity index (χ1) is 45.6. The van der Waals surface area contributed by atoms with Crippen molar-refractivity contribution < 1.29 is 0 Å². The first-order valence-corrected chi connectivity index (χ1v) is 33.1. The molecule has 0 radical (unpaired) electrons. The molecule has 5 heteroatoms. The van der Waals surface area contributed by atoms with Gasteiger partial charge in [-0.25, -0.2) is 0 Å². The molecule has 0 aliphatic carbocycles. The highest BCUT2D eigenvalue weighted by atomic mass is 15.2. The molecule has 2 aliphatic rings. The average Bonchev–Trinajstić information content (AvgIpc) is 0.691. The predicted molar refractivity (Wildman–Crippen MR) is 403 cm³/mol. The van der Waals surface area contributed by atoms with Crippen molar-refractivity contribution in [3.05, 3.63) is 331 Å². The van der Waals surface area contributed by atoms with Crippen molar-refractivity contribution in [2.45, 2.75) is 73.1 Å². The molecule has 0 atom stereocenters. The first kappa shape index (κ1) is 59.4. The van der Waals surface area contributed by atoms with Crippen LogP contribution in [-0.4, -0.2) is 6.71 Å². The van der Waals surface area contributed by atoms with Gasteiger partial charge in [-0.15, -0.1) is 0 Å². The van der Waals surface area contributed by atoms with E-state index in [1.165, 1.54) is 55.3 Å². The number of hydrogen-bond acceptors (Lipinski definition) is 4. The molecule has 15 rings (SSSR count). The molecule has 456 valence electrons. The van der Waals surface area contributed by atoms with Gasteiger partial charge in [0.15, 0.2) is 0 Å². The van der Waals surface area contributed by atoms with Gasteiger partial charge in [0.25, 0.3) is 6.71 Å². The molecule has 0 bridgehead atoms. The van der Waals surface area contributed by atoms with E-state index in [9.17, 15) is 0 Å². The number of fused-ring (bicyclic) bond motifs is 4. The molecule has 0 saturated carbocycles. The first-order valence-electron chi connectivity index (χ1n) is 33.1. The van der Waals surface area contributed by atoms with Gasteiger partial charge in [-0.05, 0) is 190 Å². The fourth-order valence-electron chi connectivity index (χ4n) is 14.1. The summed E-state index contributed by atoms with van der Waals surface area (Å²) in [7, 11) is 0. The van der Waals surface area contributed by atoms with Crippen LogP contribution in [-0.2, 0) is 10.8 Å². The number of aryl methyl sites for hydroxylation is 3. The quantitative estimate of drug-likeness (QED) is 0.113. The predicted octanol–water partition coefficient (Wildman–Crippen LogP) is 22.9. The summed E-state index contributed by atoms with van der Waals surface area (Å²) in [6.07, 6.45) is 0. The molecular formula is C89H77BN4. The summed E-state index contributed by atoms with van der Waals surface area (Å²) in [6, 6.07) is 114. The summed E-state index contributed by atoms with van der Waals surface area (Å²) >= 11 is 0. The number of nitrogens with zero attached hydrogens (tertiary/aromatic N) is 4. The van der Waals surface area contributed by atoms with Crippen molar-refractivity contribution in [2.24, 2.45) is 0 Å². The topological polar surface area (TPSA) is 13.0 Å². The van der Waals surface area contributed by atoms with Crippen LogP contribution >= 0.6 is 0 Å². The summed E-state index contributed by atoms with van der Waals surface area (Å²) in [4.78, 5) is 10.2. The third-order valence-electron chi connectivity index (χ3n) is 19.1. The Morgan fingerprint density at radius 2 is 0.617 bits per heavy atom. The highest BCUT2D eigenvalue weighted by Gasteiger charge is 2.45. The number of benzene rings is 13. The van der Waals surface area contributed by atoms with Crippen molar-refractivity contribution in [3.63, 3.8) is 0 Å². The Bertz CT molecular complexity index is 4890. The molecule has 0 unspecified atom stereocenters. The van der Waals surface area contributed by atoms with Crippen molar-refractivity contribution in [1.82, 2.24) is 0 Å². The minimum Gasteiger partial charge on any atom is -0.311 e. The Morgan fingerprint density at radius 3 is 1.03 bits per heavy atom. The van der Waals surface area contributed by atoms with E-state index in [1.807, 2.05) is 0 Å². The molecule has 94 heavy (non-hydrogen) atoms. The van der Waals surface area contributed by atoms with Gasteiger partial charge in [0.1, 0.15) is 0 Å². The zero-order valence-corrected chi connectivity index (χ0v) is 55.2. The minimum atomic E-state index is -0.213. The number of anilines is 12. The molecule has 2 heterocycles. The highest BCUT2D eigenvalue weighted by Crippen LogP contribution is 2.53. The Labute approximate surface area is 556 Å². The van der Waals surface area contributed by atoms with Crippen LogP contribution in [0.3, 0.4) is 0 Å². The molecule has 0 aromatic heterocycles. The summed E-state index contributed by atoms with van der Waals surface area (Å²) in [5.74, 6) is 0. The van der Waals surface area contributed by atoms with Crippen molar-refractivity contribution in [3.8, 4) is 44.5 Å². The zero-order chi connectivity index (χ0) is 64.4. The molecular weight excluding hydrogens is 1140 g/mol. The Hall–Kier alpha value is -10.9. The van der Waals surface area contributed by atoms with E-state index in [0.717, 1.165) is 102 Å². The van der Waals surface area contributed by atoms with E-state index < -0.39 is 0 Å². The fraction of sp³-hybridized carbons (Fsp3) is 0.124. The number of rotatable bonds is 12. The van der Waals surface area contributed by atoms with Gasteiger partial charge in [0.05, 0.1) is 17.1 Å². The van der Waals surface area contributed by atoms with E-state index in [2.05, 4.69) is 385 Å². The van der Waals surface area contributed by atoms with Crippen molar-refractivity contribution in [2.75, 3.05) is 19.6 Å². The van der Waals surface area contributed by atoms with E-state index in [1.54, 1.807) is 0 Å². The summed E-state index contributed by atoms with van der Waals surface area (Å²) in [5, 5.41) is 0. The van der Waals surface area contributed by atoms with Crippen LogP contribution in [0.25, 0.3) is 44.5 Å². The van der Waals surface area contributed by atoms with Gasteiger partial charge >= 0.3 is 0 Å². The summed E-state index contributed by atoms with van der Waals surface area (Å²) < 4.78 is 0. The molecule has 0 N–H and O–H groups in total. The van der Waals surface area contributed by atoms with Gasteiger partial charge in [-0.1, -0.05) is 258 Å². The Kier molecular flexibility index (Phi) is 15.2. The monoisotopic (exact) mass is 1210 g/mol. The van der Waals surface area contributed by atoms with Crippen LogP contribution < -0.4 is 36.0 Å². The van der Waals surface area contributed by atoms with Crippen LogP contribution in [0.5, 0.6) is 0 Å². The van der Waals surface area contributed by atoms with Crippen LogP contribution in [0.4, 0.5) is 68.2 Å². The molecule has 0 fully saturated rings. The smallest absolute Gasteiger partial charge is 0.252 e. The third kappa shape index (κ3) is 10.9. The Morgan fingerprint density at radius 1 is 0.266 bits per heavy atom. The number of para-hydroxylation sites is 1. The molecule has 2 aliphatic heterocycles. The van der Waals surface area contributed by atoms with E-state index in [-0.39, 0.29) is 17.5 Å². The molecule has 13 aromatic rings. The minimum absolute atomic E-state index is 0.115. The van der Waals surface area contributed by atoms with Crippen LogP contribution in [0.1, 0.15) is 69.4 Å². The second-order valence-corrected chi connectivity index (χ2v) is 27.6. The lowest BCUT2D eigenvalue weighted by atomic mass is 9.33. The van der Waals surface area contributed by atoms with E-state index in [4.69, 9.17) is 0 Å². The van der Waals surface area contributed by atoms with Crippen LogP contribution in [0.15, 0.2) is 303 Å². The van der Waals surface area contributed by atoms with Gasteiger partial charge in [0.2, 0.25) is 0 Å². The molecule has 13 aromatic carbocycles. The van der Waals surface area contributed by atoms with Gasteiger partial charge in [-0.3, -0.25) is 0 Å². The van der Waals surface area contributed by atoms with Gasteiger partial charge in [0, 0.05) is 67.9 Å². The maximum atomic E-state index is 2.64. The largest absolute Gasteiger partial charge is 0.311 e. The maximum absolute atomic E-state index is 2.64. The second kappa shape index (κ2) is 24.0. The van der Waals surface area contributed by atoms with E-state index in [0.29, 0.717) is 0 Å². The standard InChI is InChI=1S/C89H77BN4/c1-60-34-42-70(43-35-60)91(71-44-36-61(2)37-45-71)73-48-50-78-83(58-73)93(81-52-40-68(88(4,5)6)56-76(81)65-28-18-12-19-29-65)85-54-67(63-24-14-10-15-25-63)55-86-87(85)90(78)79-51-49-74(59-84(79)94(86)82-53-41-69(89(7,8)9)57-77(82)66-30-20-13-21-31-66)92(72-46-38-62(3)39-47-72)80-33-23-22-32-75(80)64-26-16-11-17-27-64/h10-59H,1-9H3. The number of hydrogen-bond donors (Lipinski definition) is 0. The van der Waals surface area contributed by atoms with Crippen LogP contribution in [0.2, 0.25) is 0 Å². The second-order valence-electron chi connectivity index (χ2n) is 27.6.